The van der Waals surface area contributed by atoms with Gasteiger partial charge in [-0.2, -0.15) is 26.3 Å². The molecule has 3 rings (SSSR count). The lowest BCUT2D eigenvalue weighted by atomic mass is 9.80. The number of nitrogens with two attached hydrogens (primary N) is 1. The minimum atomic E-state index is -4.97. The fourth-order valence-electron chi connectivity index (χ4n) is 3.56. The Hall–Kier alpha value is -3.58. The molecule has 0 unspecified atom stereocenters. The number of pyridine rings is 1. The summed E-state index contributed by atoms with van der Waals surface area (Å²) in [6, 6.07) is 7.92. The Morgan fingerprint density at radius 3 is 2.32 bits per heavy atom. The van der Waals surface area contributed by atoms with E-state index in [1.807, 2.05) is 5.32 Å². The highest BCUT2D eigenvalue weighted by Crippen LogP contribution is 2.37. The first-order valence-corrected chi connectivity index (χ1v) is 11.1. The molecule has 0 spiro atoms. The number of carbonyl (C=O) groups excluding carboxylic acids is 1. The Morgan fingerprint density at radius 2 is 1.74 bits per heavy atom. The molecular weight excluding hydrogens is 545 g/mol. The van der Waals surface area contributed by atoms with Crippen LogP contribution in [0.25, 0.3) is 0 Å². The highest BCUT2D eigenvalue weighted by Gasteiger charge is 2.45. The fourth-order valence-corrected chi connectivity index (χ4v) is 3.67. The van der Waals surface area contributed by atoms with Gasteiger partial charge in [0.2, 0.25) is 0 Å². The number of halogens is 8. The zero-order valence-electron chi connectivity index (χ0n) is 19.2. The van der Waals surface area contributed by atoms with Gasteiger partial charge in [-0.15, -0.1) is 0 Å². The van der Waals surface area contributed by atoms with E-state index in [0.717, 1.165) is 12.1 Å². The number of hydrogen-bond acceptors (Lipinski definition) is 4. The van der Waals surface area contributed by atoms with E-state index < -0.39 is 48.3 Å². The SMILES string of the molecule is NC(F)(F)CNC(=O)N[C@@](Cc1ccccc1)(c1cc(F)cc(OC(F)(F)C(F)F)c1)c1ccc(Cl)cn1. The van der Waals surface area contributed by atoms with Crippen LogP contribution in [0.5, 0.6) is 5.75 Å². The zero-order valence-corrected chi connectivity index (χ0v) is 20.0. The maximum Gasteiger partial charge on any atom is 0.461 e. The monoisotopic (exact) mass is 564 g/mol. The van der Waals surface area contributed by atoms with Gasteiger partial charge in [0.05, 0.1) is 17.3 Å². The third-order valence-electron chi connectivity index (χ3n) is 5.16. The summed E-state index contributed by atoms with van der Waals surface area (Å²) in [6.45, 7) is -1.29. The van der Waals surface area contributed by atoms with Crippen LogP contribution in [0.2, 0.25) is 5.02 Å². The lowest BCUT2D eigenvalue weighted by Crippen LogP contribution is -2.55. The first kappa shape index (κ1) is 29.0. The molecule has 2 amide bonds. The number of ether oxygens (including phenoxy) is 1. The van der Waals surface area contributed by atoms with Gasteiger partial charge < -0.3 is 15.4 Å². The Bertz CT molecular complexity index is 1240. The van der Waals surface area contributed by atoms with Crippen LogP contribution in [-0.2, 0) is 12.0 Å². The molecule has 0 radical (unpaired) electrons. The molecule has 0 bridgehead atoms. The minimum absolute atomic E-state index is 0.0300. The summed E-state index contributed by atoms with van der Waals surface area (Å²) in [7, 11) is 0. The Labute approximate surface area is 216 Å². The molecule has 0 aliphatic heterocycles. The van der Waals surface area contributed by atoms with Crippen LogP contribution in [0.3, 0.4) is 0 Å². The predicted molar refractivity (Wildman–Crippen MR) is 124 cm³/mol. The van der Waals surface area contributed by atoms with Crippen molar-refractivity contribution in [3.05, 3.63) is 94.5 Å². The van der Waals surface area contributed by atoms with E-state index in [2.05, 4.69) is 20.8 Å². The van der Waals surface area contributed by atoms with E-state index in [1.165, 1.54) is 18.3 Å². The number of urea groups is 1. The van der Waals surface area contributed by atoms with Crippen LogP contribution < -0.4 is 21.1 Å². The van der Waals surface area contributed by atoms with Crippen molar-refractivity contribution in [2.45, 2.75) is 30.5 Å². The molecule has 3 aromatic rings. The summed E-state index contributed by atoms with van der Waals surface area (Å²) in [6.07, 6.45) is -8.26. The Balaban J connectivity index is 2.21. The number of alkyl halides is 6. The molecule has 0 aliphatic carbocycles. The number of nitrogens with zero attached hydrogens (tertiary/aromatic N) is 1. The van der Waals surface area contributed by atoms with Gasteiger partial charge >= 0.3 is 24.6 Å². The van der Waals surface area contributed by atoms with Gasteiger partial charge in [-0.3, -0.25) is 10.7 Å². The molecule has 0 saturated carbocycles. The highest BCUT2D eigenvalue weighted by atomic mass is 35.5. The van der Waals surface area contributed by atoms with Crippen molar-refractivity contribution in [3.8, 4) is 5.75 Å². The largest absolute Gasteiger partial charge is 0.461 e. The molecule has 1 aromatic heterocycles. The van der Waals surface area contributed by atoms with Crippen molar-refractivity contribution < 1.29 is 40.3 Å². The number of amides is 2. The van der Waals surface area contributed by atoms with Gasteiger partial charge in [-0.25, -0.2) is 9.18 Å². The second kappa shape index (κ2) is 11.4. The lowest BCUT2D eigenvalue weighted by molar-refractivity contribution is -0.253. The molecule has 6 nitrogen and oxygen atoms in total. The van der Waals surface area contributed by atoms with Gasteiger partial charge in [0.25, 0.3) is 0 Å². The van der Waals surface area contributed by atoms with E-state index in [4.69, 9.17) is 11.6 Å². The van der Waals surface area contributed by atoms with Crippen molar-refractivity contribution in [1.82, 2.24) is 15.6 Å². The molecule has 14 heteroatoms. The van der Waals surface area contributed by atoms with E-state index in [1.54, 1.807) is 30.3 Å². The third-order valence-corrected chi connectivity index (χ3v) is 5.38. The quantitative estimate of drug-likeness (QED) is 0.226. The maximum absolute atomic E-state index is 14.7. The van der Waals surface area contributed by atoms with Gasteiger partial charge in [0.1, 0.15) is 17.1 Å². The molecule has 0 saturated heterocycles. The van der Waals surface area contributed by atoms with Gasteiger partial charge in [-0.05, 0) is 35.4 Å². The van der Waals surface area contributed by atoms with Gasteiger partial charge in [0, 0.05) is 18.7 Å². The van der Waals surface area contributed by atoms with Crippen LogP contribution >= 0.6 is 11.6 Å². The normalized spacial score (nSPS) is 13.6. The number of nitrogens with one attached hydrogen (secondary N) is 2. The Morgan fingerprint density at radius 1 is 1.05 bits per heavy atom. The highest BCUT2D eigenvalue weighted by molar-refractivity contribution is 6.30. The molecule has 1 atom stereocenters. The smallest absolute Gasteiger partial charge is 0.428 e. The lowest BCUT2D eigenvalue weighted by Gasteiger charge is -2.36. The van der Waals surface area contributed by atoms with E-state index >= 15 is 0 Å². The van der Waals surface area contributed by atoms with Crippen LogP contribution in [0.4, 0.5) is 35.5 Å². The number of aromatic nitrogens is 1. The first-order valence-electron chi connectivity index (χ1n) is 10.7. The second-order valence-corrected chi connectivity index (χ2v) is 8.57. The predicted octanol–water partition coefficient (Wildman–Crippen LogP) is 5.45. The summed E-state index contributed by atoms with van der Waals surface area (Å²) in [5.74, 6) is -2.18. The van der Waals surface area contributed by atoms with Crippen molar-refractivity contribution in [2.24, 2.45) is 5.73 Å². The van der Waals surface area contributed by atoms with E-state index in [9.17, 15) is 35.5 Å². The number of rotatable bonds is 10. The summed E-state index contributed by atoms with van der Waals surface area (Å²) >= 11 is 5.93. The molecule has 1 heterocycles. The van der Waals surface area contributed by atoms with Crippen molar-refractivity contribution in [2.75, 3.05) is 6.54 Å². The number of hydrogen-bond donors (Lipinski definition) is 3. The van der Waals surface area contributed by atoms with Crippen molar-refractivity contribution in [3.63, 3.8) is 0 Å². The molecule has 0 fully saturated rings. The summed E-state index contributed by atoms with van der Waals surface area (Å²) in [4.78, 5) is 17.0. The van der Waals surface area contributed by atoms with E-state index in [-0.39, 0.29) is 22.7 Å². The molecule has 4 N–H and O–H groups in total. The Kier molecular flexibility index (Phi) is 8.72. The minimum Gasteiger partial charge on any atom is -0.428 e. The molecular formula is C24H20ClF7N4O2. The summed E-state index contributed by atoms with van der Waals surface area (Å²) < 4.78 is 97.9. The van der Waals surface area contributed by atoms with E-state index in [0.29, 0.717) is 11.6 Å². The van der Waals surface area contributed by atoms with Crippen molar-refractivity contribution in [1.29, 1.82) is 0 Å². The average molecular weight is 565 g/mol. The zero-order chi connectivity index (χ0) is 28.1. The fraction of sp³-hybridized carbons (Fsp3) is 0.250. The molecule has 204 valence electrons. The molecule has 38 heavy (non-hydrogen) atoms. The first-order chi connectivity index (χ1) is 17.7. The third kappa shape index (κ3) is 7.48. The van der Waals surface area contributed by atoms with Crippen LogP contribution in [0.1, 0.15) is 16.8 Å². The van der Waals surface area contributed by atoms with Crippen molar-refractivity contribution >= 4 is 17.6 Å². The molecule has 0 aliphatic rings. The summed E-state index contributed by atoms with van der Waals surface area (Å²) in [5, 5.41) is 4.48. The number of benzene rings is 2. The van der Waals surface area contributed by atoms with Crippen LogP contribution in [0.15, 0.2) is 66.9 Å². The maximum atomic E-state index is 14.7. The standard InChI is InChI=1S/C24H20ClF7N4O2/c25-16-6-7-19(34-12-16)22(11-14-4-2-1-3-5-14,36-21(37)35-13-23(29,30)33)15-8-17(26)10-18(9-15)38-24(31,32)20(27)28/h1-10,12,20H,11,13,33H2,(H2,35,36,37)/t22-/m0/s1. The van der Waals surface area contributed by atoms with Crippen LogP contribution in [0, 0.1) is 5.82 Å². The topological polar surface area (TPSA) is 89.3 Å². The van der Waals surface area contributed by atoms with Gasteiger partial charge in [-0.1, -0.05) is 41.9 Å². The average Bonchev–Trinajstić information content (AvgIpc) is 2.82. The van der Waals surface area contributed by atoms with Crippen LogP contribution in [-0.4, -0.2) is 36.1 Å². The second-order valence-electron chi connectivity index (χ2n) is 8.14. The van der Waals surface area contributed by atoms with Gasteiger partial charge in [0.15, 0.2) is 0 Å². The molecule has 2 aromatic carbocycles. The summed E-state index contributed by atoms with van der Waals surface area (Å²) in [5.41, 5.74) is 2.87. The number of carbonyl (C=O) groups is 1.